The van der Waals surface area contributed by atoms with Crippen molar-refractivity contribution < 1.29 is 14.3 Å². The van der Waals surface area contributed by atoms with E-state index >= 15 is 0 Å². The van der Waals surface area contributed by atoms with Gasteiger partial charge >= 0.3 is 6.03 Å². The van der Waals surface area contributed by atoms with Gasteiger partial charge in [-0.1, -0.05) is 17.7 Å². The second-order valence-corrected chi connectivity index (χ2v) is 6.08. The predicted molar refractivity (Wildman–Crippen MR) is 86.2 cm³/mol. The molecule has 122 valence electrons. The lowest BCUT2D eigenvalue weighted by molar-refractivity contribution is 0.168. The molecule has 22 heavy (non-hydrogen) atoms. The smallest absolute Gasteiger partial charge is 0.317 e. The minimum atomic E-state index is -0.0630. The van der Waals surface area contributed by atoms with Gasteiger partial charge in [0.05, 0.1) is 12.6 Å². The van der Waals surface area contributed by atoms with Crippen molar-refractivity contribution in [2.24, 2.45) is 5.92 Å². The summed E-state index contributed by atoms with van der Waals surface area (Å²) in [7, 11) is 1.82. The van der Waals surface area contributed by atoms with E-state index < -0.39 is 0 Å². The SMILES string of the molecule is Cc1ccc(OC[C@@H](C)NC(=O)N(C)C[C@H]2CCOC2)cc1. The molecule has 1 aromatic rings. The summed E-state index contributed by atoms with van der Waals surface area (Å²) in [6.07, 6.45) is 1.03. The van der Waals surface area contributed by atoms with Crippen molar-refractivity contribution in [3.8, 4) is 5.75 Å². The van der Waals surface area contributed by atoms with E-state index in [4.69, 9.17) is 9.47 Å². The highest BCUT2D eigenvalue weighted by Crippen LogP contribution is 2.13. The molecule has 5 nitrogen and oxygen atoms in total. The van der Waals surface area contributed by atoms with Crippen molar-refractivity contribution in [1.82, 2.24) is 10.2 Å². The van der Waals surface area contributed by atoms with Gasteiger partial charge < -0.3 is 19.7 Å². The maximum absolute atomic E-state index is 12.1. The number of nitrogens with zero attached hydrogens (tertiary/aromatic N) is 1. The summed E-state index contributed by atoms with van der Waals surface area (Å²) in [5.74, 6) is 1.28. The molecule has 1 saturated heterocycles. The van der Waals surface area contributed by atoms with Crippen LogP contribution in [0.3, 0.4) is 0 Å². The van der Waals surface area contributed by atoms with Gasteiger partial charge in [0.25, 0.3) is 0 Å². The maximum atomic E-state index is 12.1. The molecule has 0 unspecified atom stereocenters. The van der Waals surface area contributed by atoms with Gasteiger partial charge in [0.2, 0.25) is 0 Å². The Kier molecular flexibility index (Phi) is 6.07. The molecule has 1 aliphatic rings. The molecule has 1 aromatic carbocycles. The molecule has 5 heteroatoms. The molecule has 0 saturated carbocycles. The molecular weight excluding hydrogens is 280 g/mol. The zero-order valence-corrected chi connectivity index (χ0v) is 13.7. The number of benzene rings is 1. The fourth-order valence-corrected chi connectivity index (χ4v) is 2.42. The molecule has 1 N–H and O–H groups in total. The molecule has 0 radical (unpaired) electrons. The van der Waals surface area contributed by atoms with Crippen molar-refractivity contribution in [1.29, 1.82) is 0 Å². The Bertz CT molecular complexity index is 469. The van der Waals surface area contributed by atoms with Crippen LogP contribution in [0.25, 0.3) is 0 Å². The van der Waals surface area contributed by atoms with Crippen LogP contribution < -0.4 is 10.1 Å². The van der Waals surface area contributed by atoms with E-state index in [1.54, 1.807) is 4.90 Å². The zero-order chi connectivity index (χ0) is 15.9. The third-order valence-corrected chi connectivity index (χ3v) is 3.79. The van der Waals surface area contributed by atoms with Crippen LogP contribution in [0.4, 0.5) is 4.79 Å². The summed E-state index contributed by atoms with van der Waals surface area (Å²) >= 11 is 0. The van der Waals surface area contributed by atoms with Crippen LogP contribution in [0.5, 0.6) is 5.75 Å². The van der Waals surface area contributed by atoms with Gasteiger partial charge in [0.15, 0.2) is 0 Å². The number of aryl methyl sites for hydroxylation is 1. The fourth-order valence-electron chi connectivity index (χ4n) is 2.42. The molecule has 0 aromatic heterocycles. The first-order valence-corrected chi connectivity index (χ1v) is 7.83. The molecule has 2 rings (SSSR count). The minimum absolute atomic E-state index is 0.0453. The number of amides is 2. The summed E-state index contributed by atoms with van der Waals surface area (Å²) in [6, 6.07) is 7.79. The van der Waals surface area contributed by atoms with Crippen molar-refractivity contribution in [3.05, 3.63) is 29.8 Å². The highest BCUT2D eigenvalue weighted by molar-refractivity contribution is 5.74. The molecule has 0 aliphatic carbocycles. The normalized spacial score (nSPS) is 18.8. The van der Waals surface area contributed by atoms with E-state index in [1.807, 2.05) is 45.2 Å². The van der Waals surface area contributed by atoms with Crippen molar-refractivity contribution in [3.63, 3.8) is 0 Å². The molecule has 2 amide bonds. The van der Waals surface area contributed by atoms with Gasteiger partial charge in [0, 0.05) is 26.1 Å². The third kappa shape index (κ3) is 5.22. The molecule has 1 heterocycles. The Balaban J connectivity index is 1.69. The number of carbonyl (C=O) groups excluding carboxylic acids is 1. The number of carbonyl (C=O) groups is 1. The number of rotatable bonds is 6. The number of urea groups is 1. The molecule has 0 spiro atoms. The Labute approximate surface area is 132 Å². The highest BCUT2D eigenvalue weighted by Gasteiger charge is 2.20. The first-order chi connectivity index (χ1) is 10.5. The maximum Gasteiger partial charge on any atom is 0.317 e. The summed E-state index contributed by atoms with van der Waals surface area (Å²) in [6.45, 7) is 6.73. The topological polar surface area (TPSA) is 50.8 Å². The Morgan fingerprint density at radius 1 is 1.45 bits per heavy atom. The van der Waals surface area contributed by atoms with Gasteiger partial charge in [0.1, 0.15) is 12.4 Å². The van der Waals surface area contributed by atoms with E-state index in [0.717, 1.165) is 31.9 Å². The Morgan fingerprint density at radius 2 is 2.18 bits per heavy atom. The zero-order valence-electron chi connectivity index (χ0n) is 13.7. The van der Waals surface area contributed by atoms with Crippen molar-refractivity contribution in [2.45, 2.75) is 26.3 Å². The molecule has 1 fully saturated rings. The van der Waals surface area contributed by atoms with Crippen LogP contribution in [0.1, 0.15) is 18.9 Å². The first kappa shape index (κ1) is 16.6. The average Bonchev–Trinajstić information content (AvgIpc) is 2.99. The summed E-state index contributed by atoms with van der Waals surface area (Å²) in [5, 5.41) is 2.96. The largest absolute Gasteiger partial charge is 0.491 e. The molecule has 1 aliphatic heterocycles. The van der Waals surface area contributed by atoms with Crippen LogP contribution in [-0.4, -0.2) is 50.4 Å². The third-order valence-electron chi connectivity index (χ3n) is 3.79. The fraction of sp³-hybridized carbons (Fsp3) is 0.588. The van der Waals surface area contributed by atoms with Gasteiger partial charge in [-0.15, -0.1) is 0 Å². The van der Waals surface area contributed by atoms with E-state index in [1.165, 1.54) is 5.56 Å². The predicted octanol–water partition coefficient (Wildman–Crippen LogP) is 2.44. The van der Waals surface area contributed by atoms with Gasteiger partial charge in [-0.25, -0.2) is 4.79 Å². The van der Waals surface area contributed by atoms with E-state index in [-0.39, 0.29) is 12.1 Å². The lowest BCUT2D eigenvalue weighted by Gasteiger charge is -2.23. The van der Waals surface area contributed by atoms with Crippen molar-refractivity contribution >= 4 is 6.03 Å². The van der Waals surface area contributed by atoms with E-state index in [9.17, 15) is 4.79 Å². The van der Waals surface area contributed by atoms with Crippen LogP contribution in [0.2, 0.25) is 0 Å². The number of hydrogen-bond donors (Lipinski definition) is 1. The van der Waals surface area contributed by atoms with E-state index in [2.05, 4.69) is 5.32 Å². The van der Waals surface area contributed by atoms with Gasteiger partial charge in [-0.2, -0.15) is 0 Å². The lowest BCUT2D eigenvalue weighted by Crippen LogP contribution is -2.45. The Hall–Kier alpha value is -1.75. The first-order valence-electron chi connectivity index (χ1n) is 7.83. The lowest BCUT2D eigenvalue weighted by atomic mass is 10.1. The standard InChI is InChI=1S/C17H26N2O3/c1-13-4-6-16(7-5-13)22-11-14(2)18-17(20)19(3)10-15-8-9-21-12-15/h4-7,14-15H,8-12H2,1-3H3,(H,18,20)/t14-,15-/m1/s1. The quantitative estimate of drug-likeness (QED) is 0.878. The van der Waals surface area contributed by atoms with Crippen LogP contribution in [0.15, 0.2) is 24.3 Å². The second-order valence-electron chi connectivity index (χ2n) is 6.08. The molecule has 0 bridgehead atoms. The molecular formula is C17H26N2O3. The van der Waals surface area contributed by atoms with Gasteiger partial charge in [-0.3, -0.25) is 0 Å². The summed E-state index contributed by atoms with van der Waals surface area (Å²) < 4.78 is 11.0. The Morgan fingerprint density at radius 3 is 2.82 bits per heavy atom. The average molecular weight is 306 g/mol. The highest BCUT2D eigenvalue weighted by atomic mass is 16.5. The van der Waals surface area contributed by atoms with E-state index in [0.29, 0.717) is 12.5 Å². The summed E-state index contributed by atoms with van der Waals surface area (Å²) in [4.78, 5) is 13.8. The molecule has 2 atom stereocenters. The van der Waals surface area contributed by atoms with Crippen LogP contribution in [0, 0.1) is 12.8 Å². The minimum Gasteiger partial charge on any atom is -0.491 e. The number of hydrogen-bond acceptors (Lipinski definition) is 3. The number of nitrogens with one attached hydrogen (secondary N) is 1. The monoisotopic (exact) mass is 306 g/mol. The van der Waals surface area contributed by atoms with Crippen LogP contribution >= 0.6 is 0 Å². The summed E-state index contributed by atoms with van der Waals surface area (Å²) in [5.41, 5.74) is 1.20. The number of ether oxygens (including phenoxy) is 2. The van der Waals surface area contributed by atoms with Crippen LogP contribution in [-0.2, 0) is 4.74 Å². The van der Waals surface area contributed by atoms with Gasteiger partial charge in [-0.05, 0) is 32.4 Å². The van der Waals surface area contributed by atoms with Crippen molar-refractivity contribution in [2.75, 3.05) is 33.4 Å². The second kappa shape index (κ2) is 8.03.